The summed E-state index contributed by atoms with van der Waals surface area (Å²) in [6.07, 6.45) is 24.3. The number of benzene rings is 4. The monoisotopic (exact) mass is 822 g/mol. The first kappa shape index (κ1) is 44.8. The molecule has 6 heteroatoms. The fourth-order valence-electron chi connectivity index (χ4n) is 6.79. The van der Waals surface area contributed by atoms with Crippen molar-refractivity contribution in [2.24, 2.45) is 30.0 Å². The van der Waals surface area contributed by atoms with Crippen molar-refractivity contribution in [1.29, 1.82) is 0 Å². The Labute approximate surface area is 373 Å². The molecule has 0 atom stereocenters. The minimum Gasteiger partial charge on any atom is -0.270 e. The molecule has 0 saturated heterocycles. The van der Waals surface area contributed by atoms with Crippen LogP contribution in [0, 0.1) is 0 Å². The van der Waals surface area contributed by atoms with Crippen LogP contribution in [0.1, 0.15) is 66.0 Å². The molecule has 0 fully saturated rings. The van der Waals surface area contributed by atoms with Gasteiger partial charge in [-0.25, -0.2) is 20.0 Å². The first-order valence-corrected chi connectivity index (χ1v) is 21.1. The van der Waals surface area contributed by atoms with E-state index >= 15 is 0 Å². The van der Waals surface area contributed by atoms with E-state index in [1.807, 2.05) is 85.1 Å². The van der Waals surface area contributed by atoms with Gasteiger partial charge in [0.15, 0.2) is 23.3 Å². The molecule has 0 bridgehead atoms. The van der Waals surface area contributed by atoms with E-state index in [-0.39, 0.29) is 0 Å². The van der Waals surface area contributed by atoms with Gasteiger partial charge in [-0.1, -0.05) is 190 Å². The molecule has 4 aromatic rings. The summed E-state index contributed by atoms with van der Waals surface area (Å²) in [6, 6.07) is 36.7. The lowest BCUT2D eigenvalue weighted by Gasteiger charge is -2.14. The fourth-order valence-corrected chi connectivity index (χ4v) is 6.79. The first-order chi connectivity index (χ1) is 30.8. The average Bonchev–Trinajstić information content (AvgIpc) is 3.35. The third-order valence-electron chi connectivity index (χ3n) is 10.5. The zero-order chi connectivity index (χ0) is 44.4. The van der Waals surface area contributed by atoms with Crippen molar-refractivity contribution in [2.45, 2.75) is 32.6 Å². The van der Waals surface area contributed by atoms with Gasteiger partial charge < -0.3 is 0 Å². The fraction of sp³-hybridized carbons (Fsp3) is 0.123. The Morgan fingerprint density at radius 2 is 1.13 bits per heavy atom. The molecular weight excluding hydrogens is 769 g/mol. The number of hydrogen-bond acceptors (Lipinski definition) is 2. The maximum atomic E-state index is 5.01. The van der Waals surface area contributed by atoms with Gasteiger partial charge in [0.2, 0.25) is 0 Å². The number of nitrogens with zero attached hydrogens (tertiary/aromatic N) is 6. The summed E-state index contributed by atoms with van der Waals surface area (Å²) in [6.45, 7) is 23.2. The average molecular weight is 823 g/mol. The molecule has 0 saturated carbocycles. The summed E-state index contributed by atoms with van der Waals surface area (Å²) in [5, 5.41) is 0. The third kappa shape index (κ3) is 12.4. The zero-order valence-electron chi connectivity index (χ0n) is 36.4. The predicted octanol–water partition coefficient (Wildman–Crippen LogP) is 13.5. The lowest BCUT2D eigenvalue weighted by atomic mass is 9.91. The Morgan fingerprint density at radius 1 is 0.587 bits per heavy atom. The Bertz CT molecular complexity index is 2690. The second-order valence-corrected chi connectivity index (χ2v) is 14.9. The van der Waals surface area contributed by atoms with E-state index in [1.54, 1.807) is 13.1 Å². The van der Waals surface area contributed by atoms with Crippen LogP contribution in [0.5, 0.6) is 0 Å². The summed E-state index contributed by atoms with van der Waals surface area (Å²) in [5.74, 6) is 2.25. The molecule has 0 N–H and O–H groups in total. The van der Waals surface area contributed by atoms with Crippen molar-refractivity contribution in [3.63, 3.8) is 0 Å². The summed E-state index contributed by atoms with van der Waals surface area (Å²) < 4.78 is 0. The maximum Gasteiger partial charge on any atom is 0.161 e. The van der Waals surface area contributed by atoms with E-state index in [4.69, 9.17) is 20.0 Å². The molecule has 0 spiro atoms. The molecule has 0 heterocycles. The number of allylic oxidation sites excluding steroid dienone is 10. The molecular formula is C57H54N6. The van der Waals surface area contributed by atoms with Gasteiger partial charge in [0.05, 0.1) is 6.54 Å². The number of rotatable bonds is 14. The summed E-state index contributed by atoms with van der Waals surface area (Å²) in [7, 11) is 1.76. The van der Waals surface area contributed by atoms with Gasteiger partial charge in [-0.3, -0.25) is 9.98 Å². The van der Waals surface area contributed by atoms with Crippen molar-refractivity contribution < 1.29 is 0 Å². The molecule has 0 amide bonds. The van der Waals surface area contributed by atoms with Crippen LogP contribution in [-0.4, -0.2) is 49.9 Å². The topological polar surface area (TPSA) is 74.2 Å². The molecule has 2 aliphatic carbocycles. The van der Waals surface area contributed by atoms with E-state index in [0.717, 1.165) is 98.1 Å². The van der Waals surface area contributed by atoms with Gasteiger partial charge in [-0.05, 0) is 89.4 Å². The Kier molecular flexibility index (Phi) is 16.2. The van der Waals surface area contributed by atoms with Gasteiger partial charge in [-0.2, -0.15) is 0 Å². The van der Waals surface area contributed by atoms with E-state index in [2.05, 4.69) is 129 Å². The van der Waals surface area contributed by atoms with Crippen LogP contribution in [0.3, 0.4) is 0 Å². The van der Waals surface area contributed by atoms with Crippen LogP contribution in [0.4, 0.5) is 0 Å². The van der Waals surface area contributed by atoms with E-state index in [1.165, 1.54) is 0 Å². The van der Waals surface area contributed by atoms with Crippen LogP contribution in [0.2, 0.25) is 0 Å². The highest BCUT2D eigenvalue weighted by atomic mass is 15.0. The minimum atomic E-state index is 0.351. The van der Waals surface area contributed by atoms with Crippen molar-refractivity contribution in [1.82, 2.24) is 0 Å². The van der Waals surface area contributed by atoms with Crippen LogP contribution >= 0.6 is 0 Å². The van der Waals surface area contributed by atoms with Gasteiger partial charge >= 0.3 is 0 Å². The molecule has 63 heavy (non-hydrogen) atoms. The van der Waals surface area contributed by atoms with Gasteiger partial charge in [0.25, 0.3) is 0 Å². The normalized spacial score (nSPS) is 15.2. The lowest BCUT2D eigenvalue weighted by Crippen LogP contribution is -2.07. The molecule has 0 aliphatic heterocycles. The largest absolute Gasteiger partial charge is 0.270 e. The highest BCUT2D eigenvalue weighted by molar-refractivity contribution is 6.16. The maximum absolute atomic E-state index is 5.01. The summed E-state index contributed by atoms with van der Waals surface area (Å²) in [4.78, 5) is 28.5. The van der Waals surface area contributed by atoms with Crippen molar-refractivity contribution >= 4 is 53.0 Å². The van der Waals surface area contributed by atoms with E-state index in [0.29, 0.717) is 29.9 Å². The summed E-state index contributed by atoms with van der Waals surface area (Å²) >= 11 is 0. The van der Waals surface area contributed by atoms with Crippen molar-refractivity contribution in [3.05, 3.63) is 246 Å². The molecule has 0 unspecified atom stereocenters. The van der Waals surface area contributed by atoms with Crippen LogP contribution in [0.25, 0.3) is 16.7 Å². The second kappa shape index (κ2) is 22.8. The molecule has 6 nitrogen and oxygen atoms in total. The smallest absolute Gasteiger partial charge is 0.161 e. The summed E-state index contributed by atoms with van der Waals surface area (Å²) in [5.41, 5.74) is 12.1. The highest BCUT2D eigenvalue weighted by Gasteiger charge is 2.15. The minimum absolute atomic E-state index is 0.351. The van der Waals surface area contributed by atoms with Crippen LogP contribution in [0.15, 0.2) is 242 Å². The molecule has 4 aromatic carbocycles. The number of aliphatic imine (C=N–C) groups is 6. The standard InChI is InChI=1S/C57H54N6/c1-8-41(2)39-60-57(62-54(58-6)49-25-17-11-18-26-49)52-36-32-48(33-37-52)53(38-29-42(3)43(4)46-23-15-10-16-24-46)44(5)47-30-34-51(35-31-47)55(59-7)63-56(50-27-19-12-20-28-50)61-40-45-21-13-9-14-22-45/h8-10,13-17,19,21-38,40H,1-2,4-6,11-12,18,20,39H2,3,7H3/b42-29+,53-38+,59-55-,60-57-,61-40+,62-54-,63-56-. The van der Waals surface area contributed by atoms with Gasteiger partial charge in [0.1, 0.15) is 0 Å². The van der Waals surface area contributed by atoms with Gasteiger partial charge in [0, 0.05) is 35.5 Å². The molecule has 312 valence electrons. The lowest BCUT2D eigenvalue weighted by molar-refractivity contribution is 1.03. The number of amidine groups is 4. The predicted molar refractivity (Wildman–Crippen MR) is 274 cm³/mol. The van der Waals surface area contributed by atoms with E-state index < -0.39 is 0 Å². The molecule has 6 rings (SSSR count). The third-order valence-corrected chi connectivity index (χ3v) is 10.5. The first-order valence-electron chi connectivity index (χ1n) is 21.1. The highest BCUT2D eigenvalue weighted by Crippen LogP contribution is 2.32. The zero-order valence-corrected chi connectivity index (χ0v) is 36.4. The molecule has 2 aliphatic rings. The Balaban J connectivity index is 1.35. The molecule has 0 aromatic heterocycles. The van der Waals surface area contributed by atoms with Gasteiger partial charge in [-0.15, -0.1) is 0 Å². The number of hydrogen-bond donors (Lipinski definition) is 0. The Morgan fingerprint density at radius 3 is 1.70 bits per heavy atom. The van der Waals surface area contributed by atoms with E-state index in [9.17, 15) is 0 Å². The van der Waals surface area contributed by atoms with Crippen LogP contribution < -0.4 is 0 Å². The molecule has 0 radical (unpaired) electrons. The second-order valence-electron chi connectivity index (χ2n) is 14.9. The Hall–Kier alpha value is -7.70. The SMILES string of the molecule is C=CC(=C)C/N=C(\N=C(/N=C)C1=CCCC=C1)c1ccc(/C(=C/C=C(\C)C(=C)c2ccccc2)C(=C)c2ccc(C(/N=C(\N=C\c3ccccc3)C3=CCCC=C3)=N/C)cc2)cc1. The van der Waals surface area contributed by atoms with Crippen LogP contribution in [-0.2, 0) is 0 Å². The van der Waals surface area contributed by atoms with Crippen molar-refractivity contribution in [3.8, 4) is 0 Å². The quantitative estimate of drug-likeness (QED) is 0.0690. The van der Waals surface area contributed by atoms with Crippen molar-refractivity contribution in [2.75, 3.05) is 13.6 Å².